The van der Waals surface area contributed by atoms with Crippen molar-refractivity contribution in [1.82, 2.24) is 0 Å². The third-order valence-corrected chi connectivity index (χ3v) is 5.84. The van der Waals surface area contributed by atoms with E-state index in [1.54, 1.807) is 37.3 Å². The van der Waals surface area contributed by atoms with Gasteiger partial charge in [0.15, 0.2) is 0 Å². The van der Waals surface area contributed by atoms with Gasteiger partial charge in [-0.15, -0.1) is 0 Å². The Morgan fingerprint density at radius 3 is 2.72 bits per heavy atom. The van der Waals surface area contributed by atoms with Crippen molar-refractivity contribution >= 4 is 23.2 Å². The van der Waals surface area contributed by atoms with Crippen LogP contribution in [0.4, 0.5) is 11.4 Å². The molecule has 1 unspecified atom stereocenters. The maximum absolute atomic E-state index is 13.4. The van der Waals surface area contributed by atoms with Crippen LogP contribution in [0.2, 0.25) is 0 Å². The molecule has 2 aromatic carbocycles. The summed E-state index contributed by atoms with van der Waals surface area (Å²) in [6.07, 6.45) is 2.13. The van der Waals surface area contributed by atoms with E-state index in [1.165, 1.54) is 5.56 Å². The lowest BCUT2D eigenvalue weighted by atomic mass is 9.96. The van der Waals surface area contributed by atoms with E-state index in [0.29, 0.717) is 30.3 Å². The lowest BCUT2D eigenvalue weighted by Crippen LogP contribution is -2.41. The molecule has 2 aliphatic rings. The molecule has 0 spiro atoms. The first-order chi connectivity index (χ1) is 14.0. The molecule has 6 nitrogen and oxygen atoms in total. The number of carbonyl (C=O) groups is 2. The fourth-order valence-electron chi connectivity index (χ4n) is 4.40. The van der Waals surface area contributed by atoms with Gasteiger partial charge in [-0.3, -0.25) is 9.59 Å². The summed E-state index contributed by atoms with van der Waals surface area (Å²) >= 11 is 0. The summed E-state index contributed by atoms with van der Waals surface area (Å²) in [5.41, 5.74) is 3.97. The van der Waals surface area contributed by atoms with Crippen molar-refractivity contribution in [3.63, 3.8) is 0 Å². The summed E-state index contributed by atoms with van der Waals surface area (Å²) in [5, 5.41) is 0. The molecule has 152 valence electrons. The van der Waals surface area contributed by atoms with E-state index < -0.39 is 0 Å². The molecule has 0 N–H and O–H groups in total. The highest BCUT2D eigenvalue weighted by Crippen LogP contribution is 2.38. The average molecular weight is 394 g/mol. The van der Waals surface area contributed by atoms with E-state index in [0.717, 1.165) is 24.1 Å². The maximum Gasteiger partial charge on any atom is 0.232 e. The highest BCUT2D eigenvalue weighted by Gasteiger charge is 2.39. The minimum Gasteiger partial charge on any atom is -0.497 e. The SMILES string of the molecule is COc1ccc(OC)c(N2CC(C(=O)N3CCCc4cccc(C)c43)CC2=O)c1. The molecule has 29 heavy (non-hydrogen) atoms. The van der Waals surface area contributed by atoms with Crippen molar-refractivity contribution in [3.8, 4) is 11.5 Å². The number of aryl methyl sites for hydroxylation is 2. The van der Waals surface area contributed by atoms with E-state index in [-0.39, 0.29) is 24.2 Å². The Labute approximate surface area is 171 Å². The summed E-state index contributed by atoms with van der Waals surface area (Å²) in [6, 6.07) is 11.5. The summed E-state index contributed by atoms with van der Waals surface area (Å²) in [4.78, 5) is 29.8. The second-order valence-corrected chi connectivity index (χ2v) is 7.62. The van der Waals surface area contributed by atoms with Crippen LogP contribution in [0.3, 0.4) is 0 Å². The van der Waals surface area contributed by atoms with Crippen LogP contribution in [-0.4, -0.2) is 39.1 Å². The number of amides is 2. The predicted molar refractivity (Wildman–Crippen MR) is 112 cm³/mol. The molecule has 0 radical (unpaired) electrons. The Morgan fingerprint density at radius 1 is 1.14 bits per heavy atom. The lowest BCUT2D eigenvalue weighted by Gasteiger charge is -2.32. The Hall–Kier alpha value is -3.02. The van der Waals surface area contributed by atoms with Crippen LogP contribution in [0.25, 0.3) is 0 Å². The fourth-order valence-corrected chi connectivity index (χ4v) is 4.40. The van der Waals surface area contributed by atoms with Crippen molar-refractivity contribution in [2.24, 2.45) is 5.92 Å². The van der Waals surface area contributed by atoms with Gasteiger partial charge in [0.25, 0.3) is 0 Å². The maximum atomic E-state index is 13.4. The van der Waals surface area contributed by atoms with Crippen molar-refractivity contribution in [2.75, 3.05) is 37.1 Å². The van der Waals surface area contributed by atoms with Crippen molar-refractivity contribution < 1.29 is 19.1 Å². The highest BCUT2D eigenvalue weighted by atomic mass is 16.5. The van der Waals surface area contributed by atoms with Gasteiger partial charge in [0.1, 0.15) is 11.5 Å². The zero-order chi connectivity index (χ0) is 20.5. The molecule has 2 amide bonds. The minimum absolute atomic E-state index is 0.0259. The number of benzene rings is 2. The number of hydrogen-bond donors (Lipinski definition) is 0. The molecular weight excluding hydrogens is 368 g/mol. The van der Waals surface area contributed by atoms with Gasteiger partial charge in [-0.05, 0) is 43.0 Å². The number of hydrogen-bond acceptors (Lipinski definition) is 4. The summed E-state index contributed by atoms with van der Waals surface area (Å²) in [7, 11) is 3.15. The van der Waals surface area contributed by atoms with Gasteiger partial charge >= 0.3 is 0 Å². The Bertz CT molecular complexity index is 956. The zero-order valence-electron chi connectivity index (χ0n) is 17.1. The molecule has 4 rings (SSSR count). The number of nitrogens with zero attached hydrogens (tertiary/aromatic N) is 2. The monoisotopic (exact) mass is 394 g/mol. The van der Waals surface area contributed by atoms with Crippen molar-refractivity contribution in [3.05, 3.63) is 47.5 Å². The highest BCUT2D eigenvalue weighted by molar-refractivity contribution is 6.05. The quantitative estimate of drug-likeness (QED) is 0.798. The minimum atomic E-state index is -0.371. The van der Waals surface area contributed by atoms with Crippen LogP contribution < -0.4 is 19.3 Å². The summed E-state index contributed by atoms with van der Waals surface area (Å²) in [5.74, 6) is 0.814. The molecule has 0 bridgehead atoms. The molecule has 2 aromatic rings. The second-order valence-electron chi connectivity index (χ2n) is 7.62. The number of anilines is 2. The number of carbonyl (C=O) groups excluding carboxylic acids is 2. The van der Waals surface area contributed by atoms with Crippen LogP contribution in [0.5, 0.6) is 11.5 Å². The van der Waals surface area contributed by atoms with Crippen LogP contribution in [-0.2, 0) is 16.0 Å². The van der Waals surface area contributed by atoms with E-state index in [9.17, 15) is 9.59 Å². The van der Waals surface area contributed by atoms with Gasteiger partial charge < -0.3 is 19.3 Å². The Kier molecular flexibility index (Phi) is 5.18. The first-order valence-corrected chi connectivity index (χ1v) is 9.95. The molecule has 2 aliphatic heterocycles. The molecule has 0 aromatic heterocycles. The van der Waals surface area contributed by atoms with Crippen LogP contribution in [0, 0.1) is 12.8 Å². The molecule has 0 aliphatic carbocycles. The van der Waals surface area contributed by atoms with Gasteiger partial charge in [0.05, 0.1) is 25.8 Å². The first kappa shape index (κ1) is 19.3. The summed E-state index contributed by atoms with van der Waals surface area (Å²) in [6.45, 7) is 3.08. The predicted octanol–water partition coefficient (Wildman–Crippen LogP) is 3.34. The van der Waals surface area contributed by atoms with Crippen LogP contribution in [0.15, 0.2) is 36.4 Å². The zero-order valence-corrected chi connectivity index (χ0v) is 17.1. The van der Waals surface area contributed by atoms with Gasteiger partial charge in [-0.1, -0.05) is 18.2 Å². The van der Waals surface area contributed by atoms with Crippen molar-refractivity contribution in [2.45, 2.75) is 26.2 Å². The molecule has 1 fully saturated rings. The average Bonchev–Trinajstić information content (AvgIpc) is 3.14. The van der Waals surface area contributed by atoms with E-state index in [4.69, 9.17) is 9.47 Å². The normalized spacial score (nSPS) is 18.6. The third kappa shape index (κ3) is 3.43. The molecule has 1 atom stereocenters. The molecular formula is C23H26N2O4. The number of fused-ring (bicyclic) bond motifs is 1. The van der Waals surface area contributed by atoms with E-state index in [1.807, 2.05) is 24.0 Å². The molecule has 1 saturated heterocycles. The fraction of sp³-hybridized carbons (Fsp3) is 0.391. The Morgan fingerprint density at radius 2 is 1.97 bits per heavy atom. The van der Waals surface area contributed by atoms with Crippen LogP contribution in [0.1, 0.15) is 24.0 Å². The molecule has 6 heteroatoms. The number of methoxy groups -OCH3 is 2. The molecule has 2 heterocycles. The van der Waals surface area contributed by atoms with Crippen molar-refractivity contribution in [1.29, 1.82) is 0 Å². The second kappa shape index (κ2) is 7.78. The number of para-hydroxylation sites is 1. The van der Waals surface area contributed by atoms with Gasteiger partial charge in [0.2, 0.25) is 11.8 Å². The van der Waals surface area contributed by atoms with E-state index >= 15 is 0 Å². The first-order valence-electron chi connectivity index (χ1n) is 9.95. The molecule has 0 saturated carbocycles. The van der Waals surface area contributed by atoms with Crippen LogP contribution >= 0.6 is 0 Å². The largest absolute Gasteiger partial charge is 0.497 e. The van der Waals surface area contributed by atoms with Gasteiger partial charge in [0, 0.05) is 31.3 Å². The van der Waals surface area contributed by atoms with E-state index in [2.05, 4.69) is 6.07 Å². The topological polar surface area (TPSA) is 59.1 Å². The lowest BCUT2D eigenvalue weighted by molar-refractivity contribution is -0.124. The number of rotatable bonds is 4. The third-order valence-electron chi connectivity index (χ3n) is 5.84. The standard InChI is InChI=1S/C23H26N2O4/c1-15-6-4-7-16-8-5-11-24(22(15)16)23(27)17-12-21(26)25(14-17)19-13-18(28-2)9-10-20(19)29-3/h4,6-7,9-10,13,17H,5,8,11-12,14H2,1-3H3. The Balaban J connectivity index is 1.61. The smallest absolute Gasteiger partial charge is 0.232 e. The number of ether oxygens (including phenoxy) is 2. The summed E-state index contributed by atoms with van der Waals surface area (Å²) < 4.78 is 10.7. The van der Waals surface area contributed by atoms with Gasteiger partial charge in [-0.2, -0.15) is 0 Å². The van der Waals surface area contributed by atoms with Gasteiger partial charge in [-0.25, -0.2) is 0 Å².